The van der Waals surface area contributed by atoms with Crippen LogP contribution in [0.25, 0.3) is 0 Å². The fourth-order valence-corrected chi connectivity index (χ4v) is 1.59. The number of thioether (sulfide) groups is 1. The summed E-state index contributed by atoms with van der Waals surface area (Å²) in [5.74, 6) is 5.86. The predicted molar refractivity (Wildman–Crippen MR) is 64.9 cm³/mol. The molecule has 0 fully saturated rings. The van der Waals surface area contributed by atoms with E-state index in [9.17, 15) is 0 Å². The van der Waals surface area contributed by atoms with Gasteiger partial charge in [0.25, 0.3) is 0 Å². The first-order chi connectivity index (χ1) is 6.77. The van der Waals surface area contributed by atoms with Gasteiger partial charge in [0, 0.05) is 10.6 Å². The van der Waals surface area contributed by atoms with Gasteiger partial charge in [0.05, 0.1) is 6.54 Å². The van der Waals surface area contributed by atoms with E-state index in [1.807, 2.05) is 6.92 Å². The van der Waals surface area contributed by atoms with E-state index in [2.05, 4.69) is 48.5 Å². The van der Waals surface area contributed by atoms with Gasteiger partial charge in [0.2, 0.25) is 0 Å². The molecule has 0 aliphatic rings. The van der Waals surface area contributed by atoms with Crippen LogP contribution in [0.1, 0.15) is 12.5 Å². The number of aryl methyl sites for hydroxylation is 1. The molecule has 0 aliphatic heterocycles. The number of anilines is 1. The highest BCUT2D eigenvalue weighted by molar-refractivity contribution is 7.98. The predicted octanol–water partition coefficient (Wildman–Crippen LogP) is 3.15. The van der Waals surface area contributed by atoms with E-state index < -0.39 is 0 Å². The molecular formula is C12H15NS. The van der Waals surface area contributed by atoms with Gasteiger partial charge in [-0.3, -0.25) is 0 Å². The Hall–Kier alpha value is -1.07. The second kappa shape index (κ2) is 5.62. The average molecular weight is 205 g/mol. The van der Waals surface area contributed by atoms with Crippen molar-refractivity contribution in [2.24, 2.45) is 0 Å². The second-order valence-corrected chi connectivity index (χ2v) is 3.84. The largest absolute Gasteiger partial charge is 0.374 e. The maximum absolute atomic E-state index is 3.30. The molecule has 0 atom stereocenters. The number of rotatable bonds is 3. The zero-order chi connectivity index (χ0) is 10.4. The lowest BCUT2D eigenvalue weighted by atomic mass is 10.2. The molecule has 1 N–H and O–H groups in total. The summed E-state index contributed by atoms with van der Waals surface area (Å²) in [6.45, 7) is 4.67. The number of nitrogens with one attached hydrogen (secondary N) is 1. The maximum Gasteiger partial charge on any atom is 0.0765 e. The Bertz CT molecular complexity index is 360. The van der Waals surface area contributed by atoms with E-state index in [0.717, 1.165) is 6.54 Å². The molecule has 0 heterocycles. The Labute approximate surface area is 90.3 Å². The molecule has 1 rings (SSSR count). The third-order valence-corrected chi connectivity index (χ3v) is 2.71. The van der Waals surface area contributed by atoms with Gasteiger partial charge in [-0.05, 0) is 37.8 Å². The molecule has 1 aromatic rings. The Morgan fingerprint density at radius 1 is 1.43 bits per heavy atom. The van der Waals surface area contributed by atoms with Crippen molar-refractivity contribution in [2.45, 2.75) is 18.7 Å². The third-order valence-electron chi connectivity index (χ3n) is 1.99. The van der Waals surface area contributed by atoms with E-state index in [1.165, 1.54) is 16.1 Å². The number of hydrogen-bond acceptors (Lipinski definition) is 2. The van der Waals surface area contributed by atoms with Gasteiger partial charge in [0.15, 0.2) is 0 Å². The first kappa shape index (κ1) is 11.0. The molecule has 0 aromatic heterocycles. The molecule has 0 bridgehead atoms. The van der Waals surface area contributed by atoms with E-state index in [4.69, 9.17) is 0 Å². The van der Waals surface area contributed by atoms with E-state index >= 15 is 0 Å². The highest BCUT2D eigenvalue weighted by Crippen LogP contribution is 2.22. The topological polar surface area (TPSA) is 12.0 Å². The minimum atomic E-state index is 0.717. The van der Waals surface area contributed by atoms with E-state index in [-0.39, 0.29) is 0 Å². The van der Waals surface area contributed by atoms with Gasteiger partial charge in [-0.2, -0.15) is 0 Å². The minimum Gasteiger partial charge on any atom is -0.374 e. The van der Waals surface area contributed by atoms with Crippen LogP contribution in [0, 0.1) is 18.8 Å². The standard InChI is InChI=1S/C12H15NS/c1-4-5-8-13-12-9-11(14-3)7-6-10(12)2/h6-7,9,13H,8H2,1-3H3. The molecule has 0 aliphatic carbocycles. The van der Waals surface area contributed by atoms with Crippen LogP contribution in [-0.2, 0) is 0 Å². The molecule has 1 aromatic carbocycles. The molecule has 0 spiro atoms. The van der Waals surface area contributed by atoms with Crippen LogP contribution in [0.4, 0.5) is 5.69 Å². The van der Waals surface area contributed by atoms with Gasteiger partial charge in [-0.25, -0.2) is 0 Å². The first-order valence-corrected chi connectivity index (χ1v) is 5.78. The summed E-state index contributed by atoms with van der Waals surface area (Å²) in [7, 11) is 0. The summed E-state index contributed by atoms with van der Waals surface area (Å²) in [4.78, 5) is 1.28. The van der Waals surface area contributed by atoms with Gasteiger partial charge >= 0.3 is 0 Å². The monoisotopic (exact) mass is 205 g/mol. The van der Waals surface area contributed by atoms with Crippen molar-refractivity contribution >= 4 is 17.4 Å². The van der Waals surface area contributed by atoms with Crippen molar-refractivity contribution in [3.8, 4) is 11.8 Å². The molecule has 14 heavy (non-hydrogen) atoms. The summed E-state index contributed by atoms with van der Waals surface area (Å²) in [6, 6.07) is 6.43. The summed E-state index contributed by atoms with van der Waals surface area (Å²) < 4.78 is 0. The van der Waals surface area contributed by atoms with Crippen molar-refractivity contribution in [3.05, 3.63) is 23.8 Å². The minimum absolute atomic E-state index is 0.717. The number of benzene rings is 1. The van der Waals surface area contributed by atoms with Crippen LogP contribution in [0.2, 0.25) is 0 Å². The van der Waals surface area contributed by atoms with Crippen LogP contribution >= 0.6 is 11.8 Å². The molecule has 2 heteroatoms. The van der Waals surface area contributed by atoms with Crippen molar-refractivity contribution < 1.29 is 0 Å². The molecule has 0 saturated heterocycles. The van der Waals surface area contributed by atoms with Crippen molar-refractivity contribution in [2.75, 3.05) is 18.1 Å². The summed E-state index contributed by atoms with van der Waals surface area (Å²) in [5.41, 5.74) is 2.44. The Kier molecular flexibility index (Phi) is 4.42. The molecule has 74 valence electrons. The van der Waals surface area contributed by atoms with Gasteiger partial charge in [0.1, 0.15) is 0 Å². The van der Waals surface area contributed by atoms with Crippen LogP contribution in [0.3, 0.4) is 0 Å². The Morgan fingerprint density at radius 3 is 2.86 bits per heavy atom. The zero-order valence-corrected chi connectivity index (χ0v) is 9.66. The molecular weight excluding hydrogens is 190 g/mol. The van der Waals surface area contributed by atoms with Crippen LogP contribution < -0.4 is 5.32 Å². The molecule has 1 nitrogen and oxygen atoms in total. The lowest BCUT2D eigenvalue weighted by molar-refractivity contribution is 1.29. The quantitative estimate of drug-likeness (QED) is 0.601. The van der Waals surface area contributed by atoms with Crippen molar-refractivity contribution in [3.63, 3.8) is 0 Å². The fraction of sp³-hybridized carbons (Fsp3) is 0.333. The van der Waals surface area contributed by atoms with Gasteiger partial charge < -0.3 is 5.32 Å². The van der Waals surface area contributed by atoms with Crippen LogP contribution in [0.15, 0.2) is 23.1 Å². The Morgan fingerprint density at radius 2 is 2.21 bits per heavy atom. The van der Waals surface area contributed by atoms with Crippen LogP contribution in [0.5, 0.6) is 0 Å². The highest BCUT2D eigenvalue weighted by Gasteiger charge is 1.97. The van der Waals surface area contributed by atoms with E-state index in [0.29, 0.717) is 0 Å². The molecule has 0 saturated carbocycles. The lowest BCUT2D eigenvalue weighted by Crippen LogP contribution is -2.00. The maximum atomic E-state index is 3.30. The van der Waals surface area contributed by atoms with Crippen molar-refractivity contribution in [1.29, 1.82) is 0 Å². The average Bonchev–Trinajstić information content (AvgIpc) is 2.21. The smallest absolute Gasteiger partial charge is 0.0765 e. The summed E-state index contributed by atoms with van der Waals surface area (Å²) in [5, 5.41) is 3.30. The fourth-order valence-electron chi connectivity index (χ4n) is 1.15. The zero-order valence-electron chi connectivity index (χ0n) is 8.85. The lowest BCUT2D eigenvalue weighted by Gasteiger charge is -2.08. The van der Waals surface area contributed by atoms with E-state index in [1.54, 1.807) is 11.8 Å². The van der Waals surface area contributed by atoms with Gasteiger partial charge in [-0.1, -0.05) is 12.0 Å². The highest BCUT2D eigenvalue weighted by atomic mass is 32.2. The second-order valence-electron chi connectivity index (χ2n) is 2.96. The third kappa shape index (κ3) is 3.01. The van der Waals surface area contributed by atoms with Crippen LogP contribution in [-0.4, -0.2) is 12.8 Å². The summed E-state index contributed by atoms with van der Waals surface area (Å²) >= 11 is 1.75. The first-order valence-electron chi connectivity index (χ1n) is 4.56. The normalized spacial score (nSPS) is 9.07. The molecule has 0 amide bonds. The van der Waals surface area contributed by atoms with Gasteiger partial charge in [-0.15, -0.1) is 17.7 Å². The SMILES string of the molecule is CC#CCNc1cc(SC)ccc1C. The van der Waals surface area contributed by atoms with Crippen molar-refractivity contribution in [1.82, 2.24) is 0 Å². The summed E-state index contributed by atoms with van der Waals surface area (Å²) in [6.07, 6.45) is 2.08. The molecule has 0 radical (unpaired) electrons. The number of hydrogen-bond donors (Lipinski definition) is 1. The Balaban J connectivity index is 2.76. The molecule has 0 unspecified atom stereocenters.